The quantitative estimate of drug-likeness (QED) is 0.0902. The summed E-state index contributed by atoms with van der Waals surface area (Å²) in [5, 5.41) is 8.42. The summed E-state index contributed by atoms with van der Waals surface area (Å²) in [5.74, 6) is 1.28. The Morgan fingerprint density at radius 1 is 0.512 bits per heavy atom. The Kier molecular flexibility index (Phi) is 50.0. The van der Waals surface area contributed by atoms with Crippen LogP contribution in [0.25, 0.3) is 0 Å². The lowest BCUT2D eigenvalue weighted by molar-refractivity contribution is -0.141. The summed E-state index contributed by atoms with van der Waals surface area (Å²) in [7, 11) is 0. The van der Waals surface area contributed by atoms with Gasteiger partial charge in [-0.15, -0.1) is 0 Å². The lowest BCUT2D eigenvalue weighted by Gasteiger charge is -2.05. The highest BCUT2D eigenvalue weighted by atomic mass is 16.5. The van der Waals surface area contributed by atoms with Gasteiger partial charge in [0.05, 0.1) is 6.61 Å². The zero-order valence-electron chi connectivity index (χ0n) is 29.8. The summed E-state index contributed by atoms with van der Waals surface area (Å²) < 4.78 is 4.75. The maximum absolute atomic E-state index is 11.1. The standard InChI is InChI=1S/C12H26.C9H18O.C8H16O2.C8H18O/c1-3-5-7-9-11-12-10-8-6-4-2;1-7(2)5-9(10)6-8(3)4;1-3-4-5-6-7-10-8(2)9;1-2-3-4-5-6-7-8-9/h3-12H2,1-2H3;7-8H,5-6H2,1-4H3;3-7H2,1-2H3;9H,2-8H2,1H3. The molecule has 0 atom stereocenters. The highest BCUT2D eigenvalue weighted by Gasteiger charge is 2.06. The molecule has 0 aliphatic heterocycles. The monoisotopic (exact) mass is 587 g/mol. The fraction of sp³-hybridized carbons (Fsp3) is 0.946. The van der Waals surface area contributed by atoms with E-state index < -0.39 is 0 Å². The zero-order chi connectivity index (χ0) is 32.0. The van der Waals surface area contributed by atoms with Crippen molar-refractivity contribution in [1.82, 2.24) is 0 Å². The lowest BCUT2D eigenvalue weighted by Crippen LogP contribution is -2.05. The van der Waals surface area contributed by atoms with Gasteiger partial charge < -0.3 is 9.84 Å². The number of aliphatic hydroxyl groups is 1. The second-order valence-corrected chi connectivity index (χ2v) is 12.5. The van der Waals surface area contributed by atoms with Gasteiger partial charge in [-0.05, 0) is 24.7 Å². The number of hydrogen-bond acceptors (Lipinski definition) is 4. The molecule has 41 heavy (non-hydrogen) atoms. The van der Waals surface area contributed by atoms with E-state index in [0.29, 0.717) is 30.8 Å². The molecule has 0 bridgehead atoms. The number of esters is 1. The summed E-state index contributed by atoms with van der Waals surface area (Å²) in [6.45, 7) is 19.7. The summed E-state index contributed by atoms with van der Waals surface area (Å²) in [5.41, 5.74) is 0. The fourth-order valence-corrected chi connectivity index (χ4v) is 4.19. The molecule has 4 heteroatoms. The zero-order valence-corrected chi connectivity index (χ0v) is 29.8. The van der Waals surface area contributed by atoms with Crippen molar-refractivity contribution < 1.29 is 19.4 Å². The van der Waals surface area contributed by atoms with Crippen molar-refractivity contribution in [3.8, 4) is 0 Å². The Bertz CT molecular complexity index is 446. The molecular weight excluding hydrogens is 508 g/mol. The van der Waals surface area contributed by atoms with Gasteiger partial charge in [0, 0.05) is 26.4 Å². The van der Waals surface area contributed by atoms with Gasteiger partial charge in [0.2, 0.25) is 0 Å². The van der Waals surface area contributed by atoms with Crippen LogP contribution in [0.5, 0.6) is 0 Å². The first-order valence-corrected chi connectivity index (χ1v) is 17.9. The number of hydrogen-bond donors (Lipinski definition) is 1. The maximum atomic E-state index is 11.1. The third-order valence-corrected chi connectivity index (χ3v) is 6.54. The van der Waals surface area contributed by atoms with E-state index in [1.807, 2.05) is 0 Å². The Hall–Kier alpha value is -0.900. The molecule has 0 amide bonds. The van der Waals surface area contributed by atoms with Crippen LogP contribution in [0.15, 0.2) is 0 Å². The minimum atomic E-state index is -0.170. The van der Waals surface area contributed by atoms with E-state index in [9.17, 15) is 9.59 Å². The van der Waals surface area contributed by atoms with E-state index in [1.165, 1.54) is 122 Å². The minimum absolute atomic E-state index is 0.170. The molecule has 0 aromatic heterocycles. The molecule has 0 aliphatic carbocycles. The Morgan fingerprint density at radius 2 is 0.805 bits per heavy atom. The predicted molar refractivity (Wildman–Crippen MR) is 183 cm³/mol. The summed E-state index contributed by atoms with van der Waals surface area (Å²) in [6, 6.07) is 0. The third kappa shape index (κ3) is 63.6. The number of unbranched alkanes of at least 4 members (excludes halogenated alkanes) is 17. The van der Waals surface area contributed by atoms with Gasteiger partial charge in [0.1, 0.15) is 5.78 Å². The first-order valence-electron chi connectivity index (χ1n) is 17.9. The van der Waals surface area contributed by atoms with Crippen LogP contribution in [0.3, 0.4) is 0 Å². The number of carbonyl (C=O) groups is 2. The number of aliphatic hydroxyl groups excluding tert-OH is 1. The number of carbonyl (C=O) groups excluding carboxylic acids is 2. The van der Waals surface area contributed by atoms with Gasteiger partial charge >= 0.3 is 5.97 Å². The van der Waals surface area contributed by atoms with Gasteiger partial charge in [0.25, 0.3) is 0 Å². The Labute approximate surface area is 259 Å². The molecule has 0 aromatic rings. The van der Waals surface area contributed by atoms with Crippen LogP contribution in [0.2, 0.25) is 0 Å². The molecule has 0 saturated heterocycles. The number of rotatable bonds is 24. The first kappa shape index (κ1) is 47.0. The summed E-state index contributed by atoms with van der Waals surface area (Å²) in [6.07, 6.45) is 28.1. The van der Waals surface area contributed by atoms with Crippen LogP contribution in [0, 0.1) is 11.8 Å². The average Bonchev–Trinajstić information content (AvgIpc) is 2.90. The third-order valence-electron chi connectivity index (χ3n) is 6.54. The SMILES string of the molecule is CC(C)CC(=O)CC(C)C.CCCCCCCCCCCC.CCCCCCCCO.CCCCCCOC(C)=O. The van der Waals surface area contributed by atoms with Crippen LogP contribution < -0.4 is 0 Å². The molecule has 0 aromatic carbocycles. The van der Waals surface area contributed by atoms with E-state index >= 15 is 0 Å². The second kappa shape index (κ2) is 43.6. The predicted octanol–water partition coefficient (Wildman–Crippen LogP) is 12.0. The largest absolute Gasteiger partial charge is 0.466 e. The van der Waals surface area contributed by atoms with E-state index in [1.54, 1.807) is 0 Å². The first-order chi connectivity index (χ1) is 19.6. The molecule has 0 spiro atoms. The second-order valence-electron chi connectivity index (χ2n) is 12.5. The normalized spacial score (nSPS) is 10.2. The van der Waals surface area contributed by atoms with E-state index in [2.05, 4.69) is 55.4 Å². The number of ketones is 1. The van der Waals surface area contributed by atoms with Crippen molar-refractivity contribution in [1.29, 1.82) is 0 Å². The van der Waals surface area contributed by atoms with Gasteiger partial charge in [-0.1, -0.05) is 171 Å². The topological polar surface area (TPSA) is 63.6 Å². The molecule has 0 fully saturated rings. The summed E-state index contributed by atoms with van der Waals surface area (Å²) >= 11 is 0. The lowest BCUT2D eigenvalue weighted by atomic mass is 10.00. The smallest absolute Gasteiger partial charge is 0.302 e. The van der Waals surface area contributed by atoms with Crippen molar-refractivity contribution in [3.05, 3.63) is 0 Å². The molecular formula is C37H78O4. The number of Topliss-reactive ketones (excluding diaryl/α,β-unsaturated/α-hetero) is 1. The molecule has 0 rings (SSSR count). The average molecular weight is 587 g/mol. The van der Waals surface area contributed by atoms with Crippen molar-refractivity contribution >= 4 is 11.8 Å². The van der Waals surface area contributed by atoms with Gasteiger partial charge in [-0.3, -0.25) is 9.59 Å². The molecule has 0 aliphatic rings. The van der Waals surface area contributed by atoms with Crippen LogP contribution in [0.4, 0.5) is 0 Å². The molecule has 1 N–H and O–H groups in total. The molecule has 0 heterocycles. The summed E-state index contributed by atoms with van der Waals surface area (Å²) in [4.78, 5) is 21.3. The molecule has 0 saturated carbocycles. The van der Waals surface area contributed by atoms with Crippen LogP contribution >= 0.6 is 0 Å². The highest BCUT2D eigenvalue weighted by Crippen LogP contribution is 2.10. The van der Waals surface area contributed by atoms with Crippen LogP contribution in [-0.2, 0) is 14.3 Å². The van der Waals surface area contributed by atoms with E-state index in [4.69, 9.17) is 9.84 Å². The van der Waals surface area contributed by atoms with Gasteiger partial charge in [-0.2, -0.15) is 0 Å². The van der Waals surface area contributed by atoms with Crippen molar-refractivity contribution in [2.75, 3.05) is 13.2 Å². The Balaban J connectivity index is -0.000000224. The van der Waals surface area contributed by atoms with Crippen LogP contribution in [0.1, 0.15) is 204 Å². The van der Waals surface area contributed by atoms with Crippen molar-refractivity contribution in [2.45, 2.75) is 204 Å². The number of ether oxygens (including phenoxy) is 1. The maximum Gasteiger partial charge on any atom is 0.302 e. The molecule has 0 radical (unpaired) electrons. The fourth-order valence-electron chi connectivity index (χ4n) is 4.19. The molecule has 4 nitrogen and oxygen atoms in total. The minimum Gasteiger partial charge on any atom is -0.466 e. The highest BCUT2D eigenvalue weighted by molar-refractivity contribution is 5.78. The van der Waals surface area contributed by atoms with E-state index in [0.717, 1.165) is 25.7 Å². The van der Waals surface area contributed by atoms with Crippen molar-refractivity contribution in [2.24, 2.45) is 11.8 Å². The van der Waals surface area contributed by atoms with Gasteiger partial charge in [-0.25, -0.2) is 0 Å². The Morgan fingerprint density at radius 3 is 1.07 bits per heavy atom. The van der Waals surface area contributed by atoms with E-state index in [-0.39, 0.29) is 5.97 Å². The van der Waals surface area contributed by atoms with Crippen LogP contribution in [-0.4, -0.2) is 30.1 Å². The van der Waals surface area contributed by atoms with Crippen molar-refractivity contribution in [3.63, 3.8) is 0 Å². The molecule has 250 valence electrons. The molecule has 0 unspecified atom stereocenters. The van der Waals surface area contributed by atoms with Gasteiger partial charge in [0.15, 0.2) is 0 Å².